The molecule has 2 N–H and O–H groups in total. The molecule has 1 amide bonds. The quantitative estimate of drug-likeness (QED) is 0.672. The maximum atomic E-state index is 12.3. The van der Waals surface area contributed by atoms with E-state index in [1.807, 2.05) is 31.2 Å². The Hall–Kier alpha value is -1.59. The molecule has 0 bridgehead atoms. The number of anilines is 1. The summed E-state index contributed by atoms with van der Waals surface area (Å²) in [6, 6.07) is 7.48. The number of hydrogen-bond acceptors (Lipinski definition) is 4. The summed E-state index contributed by atoms with van der Waals surface area (Å²) in [7, 11) is 1.62. The second kappa shape index (κ2) is 10.2. The van der Waals surface area contributed by atoms with Crippen molar-refractivity contribution in [2.75, 3.05) is 38.3 Å². The molecule has 0 saturated heterocycles. The predicted molar refractivity (Wildman–Crippen MR) is 84.7 cm³/mol. The minimum Gasteiger partial charge on any atom is -0.497 e. The van der Waals surface area contributed by atoms with E-state index in [2.05, 4.69) is 0 Å². The Morgan fingerprint density at radius 3 is 2.52 bits per heavy atom. The second-order valence-electron chi connectivity index (χ2n) is 4.75. The monoisotopic (exact) mass is 294 g/mol. The van der Waals surface area contributed by atoms with Crippen LogP contribution in [0.1, 0.15) is 26.2 Å². The highest BCUT2D eigenvalue weighted by Gasteiger charge is 2.15. The Kier molecular flexibility index (Phi) is 8.47. The van der Waals surface area contributed by atoms with Crippen molar-refractivity contribution in [2.24, 2.45) is 5.73 Å². The van der Waals surface area contributed by atoms with E-state index in [4.69, 9.17) is 15.2 Å². The van der Waals surface area contributed by atoms with Crippen LogP contribution < -0.4 is 15.4 Å². The number of rotatable bonds is 10. The number of methoxy groups -OCH3 is 1. The summed E-state index contributed by atoms with van der Waals surface area (Å²) in [5, 5.41) is 0. The lowest BCUT2D eigenvalue weighted by atomic mass is 10.2. The molecule has 0 unspecified atom stereocenters. The van der Waals surface area contributed by atoms with Crippen LogP contribution in [0.25, 0.3) is 0 Å². The first-order valence-corrected chi connectivity index (χ1v) is 7.45. The molecule has 1 aromatic rings. The van der Waals surface area contributed by atoms with Gasteiger partial charge in [0, 0.05) is 18.8 Å². The fourth-order valence-corrected chi connectivity index (χ4v) is 1.95. The number of hydrogen-bond donors (Lipinski definition) is 1. The van der Waals surface area contributed by atoms with Gasteiger partial charge in [0.25, 0.3) is 0 Å². The average Bonchev–Trinajstić information content (AvgIpc) is 2.52. The molecule has 1 aromatic carbocycles. The normalized spacial score (nSPS) is 10.4. The van der Waals surface area contributed by atoms with E-state index in [9.17, 15) is 4.79 Å². The van der Waals surface area contributed by atoms with Gasteiger partial charge in [-0.3, -0.25) is 4.79 Å². The van der Waals surface area contributed by atoms with E-state index in [-0.39, 0.29) is 5.91 Å². The molecule has 0 aromatic heterocycles. The molecule has 0 spiro atoms. The molecule has 0 aliphatic heterocycles. The van der Waals surface area contributed by atoms with Gasteiger partial charge < -0.3 is 20.1 Å². The Balaban J connectivity index is 2.66. The number of nitrogens with two attached hydrogens (primary N) is 1. The molecule has 0 radical (unpaired) electrons. The number of ether oxygens (including phenoxy) is 2. The summed E-state index contributed by atoms with van der Waals surface area (Å²) >= 11 is 0. The second-order valence-corrected chi connectivity index (χ2v) is 4.75. The highest BCUT2D eigenvalue weighted by atomic mass is 16.5. The van der Waals surface area contributed by atoms with Crippen molar-refractivity contribution in [1.29, 1.82) is 0 Å². The van der Waals surface area contributed by atoms with Crippen molar-refractivity contribution in [3.8, 4) is 5.75 Å². The topological polar surface area (TPSA) is 64.8 Å². The summed E-state index contributed by atoms with van der Waals surface area (Å²) in [6.45, 7) is 4.38. The highest BCUT2D eigenvalue weighted by Crippen LogP contribution is 2.20. The molecule has 5 heteroatoms. The van der Waals surface area contributed by atoms with Crippen molar-refractivity contribution in [2.45, 2.75) is 26.2 Å². The lowest BCUT2D eigenvalue weighted by Crippen LogP contribution is -2.33. The third-order valence-electron chi connectivity index (χ3n) is 3.08. The van der Waals surface area contributed by atoms with E-state index in [0.717, 1.165) is 24.3 Å². The van der Waals surface area contributed by atoms with Gasteiger partial charge in [0.1, 0.15) is 5.75 Å². The van der Waals surface area contributed by atoms with Gasteiger partial charge in [0.2, 0.25) is 5.91 Å². The minimum absolute atomic E-state index is 0.0599. The van der Waals surface area contributed by atoms with Gasteiger partial charge in [-0.2, -0.15) is 0 Å². The minimum atomic E-state index is 0.0599. The molecular weight excluding hydrogens is 268 g/mol. The van der Waals surface area contributed by atoms with E-state index in [1.165, 1.54) is 0 Å². The van der Waals surface area contributed by atoms with Crippen LogP contribution in [0.4, 0.5) is 5.69 Å². The van der Waals surface area contributed by atoms with Crippen molar-refractivity contribution < 1.29 is 14.3 Å². The van der Waals surface area contributed by atoms with E-state index in [0.29, 0.717) is 32.7 Å². The zero-order valence-corrected chi connectivity index (χ0v) is 13.0. The summed E-state index contributed by atoms with van der Waals surface area (Å²) in [4.78, 5) is 14.1. The number of amides is 1. The molecule has 118 valence electrons. The van der Waals surface area contributed by atoms with Crippen LogP contribution in [0.15, 0.2) is 24.3 Å². The van der Waals surface area contributed by atoms with Gasteiger partial charge in [-0.25, -0.2) is 0 Å². The molecule has 0 fully saturated rings. The molecule has 0 heterocycles. The van der Waals surface area contributed by atoms with Crippen LogP contribution >= 0.6 is 0 Å². The van der Waals surface area contributed by atoms with Crippen LogP contribution in [-0.4, -0.2) is 39.3 Å². The maximum absolute atomic E-state index is 12.3. The molecule has 21 heavy (non-hydrogen) atoms. The Morgan fingerprint density at radius 2 is 1.95 bits per heavy atom. The van der Waals surface area contributed by atoms with E-state index in [1.54, 1.807) is 12.0 Å². The third-order valence-corrected chi connectivity index (χ3v) is 3.08. The molecular formula is C16H26N2O3. The van der Waals surface area contributed by atoms with Crippen LogP contribution in [0, 0.1) is 0 Å². The maximum Gasteiger partial charge on any atom is 0.229 e. The summed E-state index contributed by atoms with van der Waals surface area (Å²) in [6.07, 6.45) is 2.12. The van der Waals surface area contributed by atoms with Crippen LogP contribution in [0.5, 0.6) is 5.75 Å². The summed E-state index contributed by atoms with van der Waals surface area (Å²) in [5.41, 5.74) is 6.42. The van der Waals surface area contributed by atoms with Gasteiger partial charge in [-0.15, -0.1) is 0 Å². The predicted octanol–water partition coefficient (Wildman–Crippen LogP) is 2.19. The van der Waals surface area contributed by atoms with Crippen molar-refractivity contribution >= 4 is 11.6 Å². The lowest BCUT2D eigenvalue weighted by Gasteiger charge is -2.23. The number of nitrogens with zero attached hydrogens (tertiary/aromatic N) is 1. The standard InChI is InChI=1S/C16H26N2O3/c1-3-12-21-13-9-16(19)18(11-4-10-17)14-5-7-15(20-2)8-6-14/h5-8H,3-4,9-13,17H2,1-2H3. The first-order valence-electron chi connectivity index (χ1n) is 7.45. The van der Waals surface area contributed by atoms with Gasteiger partial charge >= 0.3 is 0 Å². The Morgan fingerprint density at radius 1 is 1.24 bits per heavy atom. The summed E-state index contributed by atoms with van der Waals surface area (Å²) in [5.74, 6) is 0.834. The molecule has 1 rings (SSSR count). The SMILES string of the molecule is CCCOCCC(=O)N(CCCN)c1ccc(OC)cc1. The van der Waals surface area contributed by atoms with Crippen molar-refractivity contribution in [3.05, 3.63) is 24.3 Å². The zero-order valence-electron chi connectivity index (χ0n) is 13.0. The fourth-order valence-electron chi connectivity index (χ4n) is 1.95. The largest absolute Gasteiger partial charge is 0.497 e. The molecule has 0 saturated carbocycles. The van der Waals surface area contributed by atoms with Crippen LogP contribution in [0.2, 0.25) is 0 Å². The average molecular weight is 294 g/mol. The van der Waals surface area contributed by atoms with Gasteiger partial charge in [-0.05, 0) is 43.7 Å². The van der Waals surface area contributed by atoms with Crippen LogP contribution in [-0.2, 0) is 9.53 Å². The van der Waals surface area contributed by atoms with Gasteiger partial charge in [-0.1, -0.05) is 6.92 Å². The molecule has 5 nitrogen and oxygen atoms in total. The van der Waals surface area contributed by atoms with Crippen molar-refractivity contribution in [3.63, 3.8) is 0 Å². The number of benzene rings is 1. The Labute approximate surface area is 127 Å². The Bertz CT molecular complexity index is 406. The number of carbonyl (C=O) groups is 1. The third kappa shape index (κ3) is 6.14. The molecule has 0 atom stereocenters. The van der Waals surface area contributed by atoms with E-state index >= 15 is 0 Å². The zero-order chi connectivity index (χ0) is 15.5. The van der Waals surface area contributed by atoms with Crippen molar-refractivity contribution in [1.82, 2.24) is 0 Å². The lowest BCUT2D eigenvalue weighted by molar-refractivity contribution is -0.119. The molecule has 0 aliphatic carbocycles. The van der Waals surface area contributed by atoms with Crippen LogP contribution in [0.3, 0.4) is 0 Å². The first-order chi connectivity index (χ1) is 10.2. The highest BCUT2D eigenvalue weighted by molar-refractivity contribution is 5.93. The van der Waals surface area contributed by atoms with Gasteiger partial charge in [0.05, 0.1) is 20.1 Å². The fraction of sp³-hybridized carbons (Fsp3) is 0.562. The first kappa shape index (κ1) is 17.5. The van der Waals surface area contributed by atoms with Gasteiger partial charge in [0.15, 0.2) is 0 Å². The summed E-state index contributed by atoms with van der Waals surface area (Å²) < 4.78 is 10.5. The number of carbonyl (C=O) groups excluding carboxylic acids is 1. The van der Waals surface area contributed by atoms with E-state index < -0.39 is 0 Å². The molecule has 0 aliphatic rings. The smallest absolute Gasteiger partial charge is 0.229 e.